The van der Waals surface area contributed by atoms with Crippen molar-refractivity contribution in [1.82, 2.24) is 10.2 Å². The van der Waals surface area contributed by atoms with Crippen molar-refractivity contribution in [2.24, 2.45) is 0 Å². The van der Waals surface area contributed by atoms with Gasteiger partial charge in [0.25, 0.3) is 5.91 Å². The Morgan fingerprint density at radius 3 is 2.61 bits per heavy atom. The number of anilines is 1. The Morgan fingerprint density at radius 1 is 1.27 bits per heavy atom. The molecule has 2 amide bonds. The number of halogens is 2. The van der Waals surface area contributed by atoms with Crippen LogP contribution in [0.3, 0.4) is 0 Å². The lowest BCUT2D eigenvalue weighted by atomic mass is 10.0. The predicted octanol–water partition coefficient (Wildman–Crippen LogP) is 3.18. The van der Waals surface area contributed by atoms with Gasteiger partial charge in [-0.05, 0) is 36.8 Å². The van der Waals surface area contributed by atoms with Crippen LogP contribution in [0.15, 0.2) is 53.9 Å². The maximum absolute atomic E-state index is 14.9. The molecule has 1 saturated heterocycles. The lowest BCUT2D eigenvalue weighted by Gasteiger charge is -2.41. The number of nitrogens with zero attached hydrogens (tertiary/aromatic N) is 2. The lowest BCUT2D eigenvalue weighted by Crippen LogP contribution is -2.50. The zero-order valence-corrected chi connectivity index (χ0v) is 20.0. The molecule has 1 unspecified atom stereocenters. The van der Waals surface area contributed by atoms with Gasteiger partial charge in [0.15, 0.2) is 9.84 Å². The van der Waals surface area contributed by atoms with Gasteiger partial charge >= 0.3 is 0 Å². The molecule has 10 heteroatoms. The van der Waals surface area contributed by atoms with Crippen molar-refractivity contribution in [3.8, 4) is 0 Å². The zero-order valence-electron chi connectivity index (χ0n) is 18.5. The monoisotopic (exact) mass is 493 g/mol. The molecule has 1 heterocycles. The van der Waals surface area contributed by atoms with Crippen molar-refractivity contribution in [3.63, 3.8) is 0 Å². The molecule has 0 spiro atoms. The van der Waals surface area contributed by atoms with Crippen molar-refractivity contribution in [2.75, 3.05) is 31.3 Å². The van der Waals surface area contributed by atoms with E-state index in [1.165, 1.54) is 18.2 Å². The van der Waals surface area contributed by atoms with E-state index in [1.54, 1.807) is 35.9 Å². The molecular weight excluding hydrogens is 469 g/mol. The van der Waals surface area contributed by atoms with E-state index in [-0.39, 0.29) is 24.1 Å². The maximum Gasteiger partial charge on any atom is 0.254 e. The van der Waals surface area contributed by atoms with Crippen molar-refractivity contribution in [2.45, 2.75) is 19.0 Å². The van der Waals surface area contributed by atoms with Crippen LogP contribution >= 0.6 is 11.6 Å². The molecule has 2 aromatic rings. The number of likely N-dealkylation sites (N-methyl/N-ethyl adjacent to an activating group) is 1. The van der Waals surface area contributed by atoms with Gasteiger partial charge in [0.1, 0.15) is 5.82 Å². The van der Waals surface area contributed by atoms with Crippen molar-refractivity contribution >= 4 is 38.9 Å². The van der Waals surface area contributed by atoms with E-state index in [9.17, 15) is 22.4 Å². The fourth-order valence-corrected chi connectivity index (χ4v) is 4.36. The van der Waals surface area contributed by atoms with Gasteiger partial charge in [-0.15, -0.1) is 0 Å². The zero-order chi connectivity index (χ0) is 24.3. The number of amides is 2. The molecule has 2 aromatic carbocycles. The summed E-state index contributed by atoms with van der Waals surface area (Å²) < 4.78 is 37.4. The summed E-state index contributed by atoms with van der Waals surface area (Å²) in [5, 5.41) is 4.07. The molecule has 0 aromatic heterocycles. The second-order valence-corrected chi connectivity index (χ2v) is 10.4. The highest BCUT2D eigenvalue weighted by atomic mass is 35.5. The van der Waals surface area contributed by atoms with Gasteiger partial charge in [-0.25, -0.2) is 12.8 Å². The van der Waals surface area contributed by atoms with E-state index >= 15 is 0 Å². The first-order valence-electron chi connectivity index (χ1n) is 10.2. The Balaban J connectivity index is 1.86. The van der Waals surface area contributed by atoms with Gasteiger partial charge in [0, 0.05) is 42.0 Å². The van der Waals surface area contributed by atoms with Gasteiger partial charge in [-0.1, -0.05) is 35.9 Å². The Hall–Kier alpha value is -2.91. The quantitative estimate of drug-likeness (QED) is 0.668. The summed E-state index contributed by atoms with van der Waals surface area (Å²) in [5.74, 6) is -1.55. The first-order chi connectivity index (χ1) is 15.5. The summed E-state index contributed by atoms with van der Waals surface area (Å²) in [5.41, 5.74) is 1.07. The number of nitrogens with one attached hydrogen (secondary N) is 1. The van der Waals surface area contributed by atoms with E-state index in [0.717, 1.165) is 17.2 Å². The van der Waals surface area contributed by atoms with Crippen LogP contribution in [0, 0.1) is 5.82 Å². The minimum atomic E-state index is -3.34. The Bertz CT molecular complexity index is 1200. The Morgan fingerprint density at radius 2 is 1.97 bits per heavy atom. The molecule has 2 atom stereocenters. The highest BCUT2D eigenvalue weighted by molar-refractivity contribution is 7.93. The van der Waals surface area contributed by atoms with Crippen LogP contribution in [0.25, 0.3) is 0 Å². The number of sulfone groups is 1. The molecule has 0 bridgehead atoms. The van der Waals surface area contributed by atoms with Crippen LogP contribution in [-0.2, 0) is 14.6 Å². The molecule has 176 valence electrons. The number of carbonyl (C=O) groups excluding carboxylic acids is 2. The second-order valence-electron chi connectivity index (χ2n) is 8.02. The average Bonchev–Trinajstić information content (AvgIpc) is 2.73. The highest BCUT2D eigenvalue weighted by Crippen LogP contribution is 2.34. The largest absolute Gasteiger partial charge is 0.353 e. The van der Waals surface area contributed by atoms with Crippen LogP contribution in [0.5, 0.6) is 0 Å². The van der Waals surface area contributed by atoms with Crippen LogP contribution < -0.4 is 10.2 Å². The fraction of sp³-hybridized carbons (Fsp3) is 0.304. The minimum absolute atomic E-state index is 0.0324. The van der Waals surface area contributed by atoms with Gasteiger partial charge in [0.2, 0.25) is 5.91 Å². The van der Waals surface area contributed by atoms with Crippen molar-refractivity contribution in [3.05, 3.63) is 75.9 Å². The Labute approximate surface area is 197 Å². The Kier molecular flexibility index (Phi) is 7.44. The summed E-state index contributed by atoms with van der Waals surface area (Å²) in [7, 11) is -1.63. The molecule has 1 aliphatic rings. The third-order valence-corrected chi connectivity index (χ3v) is 6.32. The number of piperazine rings is 1. The average molecular weight is 494 g/mol. The van der Waals surface area contributed by atoms with E-state index in [0.29, 0.717) is 17.3 Å². The van der Waals surface area contributed by atoms with Gasteiger partial charge in [0.05, 0.1) is 18.2 Å². The highest BCUT2D eigenvalue weighted by Gasteiger charge is 2.33. The van der Waals surface area contributed by atoms with Crippen LogP contribution in [-0.4, -0.2) is 57.6 Å². The molecule has 7 nitrogen and oxygen atoms in total. The van der Waals surface area contributed by atoms with Crippen molar-refractivity contribution in [1.29, 1.82) is 0 Å². The van der Waals surface area contributed by atoms with E-state index in [1.807, 2.05) is 18.2 Å². The molecule has 0 radical (unpaired) electrons. The van der Waals surface area contributed by atoms with Gasteiger partial charge in [-0.3, -0.25) is 9.59 Å². The molecule has 1 fully saturated rings. The topological polar surface area (TPSA) is 86.8 Å². The fourth-order valence-electron chi connectivity index (χ4n) is 3.58. The lowest BCUT2D eigenvalue weighted by molar-refractivity contribution is -0.130. The molecule has 0 aliphatic carbocycles. The van der Waals surface area contributed by atoms with E-state index in [2.05, 4.69) is 5.32 Å². The standard InChI is InChI=1S/C23H25ClFN3O4S/c1-15(10-11-33(3,31)32)26-23(30)18-9-8-16(12-20(18)25)28-14-22(29)27(2)13-21(28)17-6-4-5-7-19(17)24/h4-12,15,21H,13-14H2,1-3H3,(H,26,30)/b11-10+/t15-,21?/m1/s1. The number of benzene rings is 2. The minimum Gasteiger partial charge on any atom is -0.353 e. The van der Waals surface area contributed by atoms with E-state index in [4.69, 9.17) is 11.6 Å². The third-order valence-electron chi connectivity index (χ3n) is 5.32. The van der Waals surface area contributed by atoms with Crippen LogP contribution in [0.4, 0.5) is 10.1 Å². The summed E-state index contributed by atoms with van der Waals surface area (Å²) in [6.45, 7) is 1.98. The van der Waals surface area contributed by atoms with Gasteiger partial charge < -0.3 is 15.1 Å². The first-order valence-corrected chi connectivity index (χ1v) is 12.5. The molecular formula is C23H25ClFN3O4S. The summed E-state index contributed by atoms with van der Waals surface area (Å²) in [4.78, 5) is 28.3. The molecule has 1 aliphatic heterocycles. The van der Waals surface area contributed by atoms with E-state index < -0.39 is 27.6 Å². The number of hydrogen-bond donors (Lipinski definition) is 1. The summed E-state index contributed by atoms with van der Waals surface area (Å²) in [6, 6.07) is 10.5. The second kappa shape index (κ2) is 9.93. The molecule has 3 rings (SSSR count). The van der Waals surface area contributed by atoms with Crippen LogP contribution in [0.1, 0.15) is 28.9 Å². The first kappa shape index (κ1) is 24.7. The summed E-state index contributed by atoms with van der Waals surface area (Å²) in [6.07, 6.45) is 2.35. The SMILES string of the molecule is C[C@H](/C=C/S(C)(=O)=O)NC(=O)c1ccc(N2CC(=O)N(C)CC2c2ccccc2Cl)cc1F. The normalized spacial score (nSPS) is 18.0. The molecule has 0 saturated carbocycles. The van der Waals surface area contributed by atoms with Crippen LogP contribution in [0.2, 0.25) is 5.02 Å². The molecule has 33 heavy (non-hydrogen) atoms. The van der Waals surface area contributed by atoms with Gasteiger partial charge in [-0.2, -0.15) is 0 Å². The third kappa shape index (κ3) is 6.11. The smallest absolute Gasteiger partial charge is 0.254 e. The predicted molar refractivity (Wildman–Crippen MR) is 126 cm³/mol. The maximum atomic E-state index is 14.9. The number of hydrogen-bond acceptors (Lipinski definition) is 5. The summed E-state index contributed by atoms with van der Waals surface area (Å²) >= 11 is 6.39. The molecule has 1 N–H and O–H groups in total. The van der Waals surface area contributed by atoms with Crippen molar-refractivity contribution < 1.29 is 22.4 Å². The number of carbonyl (C=O) groups is 2. The number of rotatable bonds is 6.